The smallest absolute Gasteiger partial charge is 0.0635 e. The summed E-state index contributed by atoms with van der Waals surface area (Å²) in [6.07, 6.45) is 3.84. The van der Waals surface area contributed by atoms with E-state index in [0.29, 0.717) is 10.0 Å². The summed E-state index contributed by atoms with van der Waals surface area (Å²) in [7, 11) is 1.88. The van der Waals surface area contributed by atoms with Crippen molar-refractivity contribution in [2.45, 2.75) is 19.5 Å². The van der Waals surface area contributed by atoms with Crippen LogP contribution in [0, 0.1) is 0 Å². The van der Waals surface area contributed by atoms with Crippen LogP contribution in [0.4, 0.5) is 0 Å². The lowest BCUT2D eigenvalue weighted by Gasteiger charge is -2.18. The van der Waals surface area contributed by atoms with E-state index in [0.717, 1.165) is 17.7 Å². The molecule has 0 aliphatic heterocycles. The normalized spacial score (nSPS) is 12.7. The van der Waals surface area contributed by atoms with Crippen LogP contribution in [-0.4, -0.2) is 16.8 Å². The Labute approximate surface area is 117 Å². The van der Waals surface area contributed by atoms with Gasteiger partial charge in [0, 0.05) is 33.9 Å². The third kappa shape index (κ3) is 2.53. The second-order valence-electron chi connectivity index (χ2n) is 3.99. The van der Waals surface area contributed by atoms with Crippen molar-refractivity contribution in [1.29, 1.82) is 0 Å². The van der Waals surface area contributed by atoms with Crippen LogP contribution in [0.25, 0.3) is 0 Å². The van der Waals surface area contributed by atoms with E-state index >= 15 is 0 Å². The Morgan fingerprint density at radius 1 is 1.33 bits per heavy atom. The molecule has 0 aliphatic carbocycles. The van der Waals surface area contributed by atoms with Gasteiger partial charge in [-0.15, -0.1) is 0 Å². The Morgan fingerprint density at radius 2 is 2.00 bits per heavy atom. The fourth-order valence-corrected chi connectivity index (χ4v) is 2.58. The van der Waals surface area contributed by atoms with E-state index in [-0.39, 0.29) is 6.04 Å². The topological polar surface area (TPSA) is 29.9 Å². The van der Waals surface area contributed by atoms with Crippen molar-refractivity contribution in [3.05, 3.63) is 51.8 Å². The van der Waals surface area contributed by atoms with Crippen molar-refractivity contribution in [2.75, 3.05) is 7.05 Å². The standard InChI is InChI=1S/C13H15Cl2N3/c1-3-18-8-9(7-17-18)13(16-2)12-10(14)5-4-6-11(12)15/h4-8,13,16H,3H2,1-2H3. The van der Waals surface area contributed by atoms with Gasteiger partial charge in [0.15, 0.2) is 0 Å². The molecule has 0 radical (unpaired) electrons. The molecule has 1 aromatic heterocycles. The molecular weight excluding hydrogens is 269 g/mol. The Morgan fingerprint density at radius 3 is 2.50 bits per heavy atom. The van der Waals surface area contributed by atoms with E-state index in [1.54, 1.807) is 0 Å². The second-order valence-corrected chi connectivity index (χ2v) is 4.80. The van der Waals surface area contributed by atoms with Gasteiger partial charge < -0.3 is 5.32 Å². The first-order valence-electron chi connectivity index (χ1n) is 5.81. The van der Waals surface area contributed by atoms with Gasteiger partial charge in [-0.05, 0) is 26.1 Å². The van der Waals surface area contributed by atoms with Crippen molar-refractivity contribution in [3.8, 4) is 0 Å². The summed E-state index contributed by atoms with van der Waals surface area (Å²) in [6.45, 7) is 2.89. The molecule has 0 amide bonds. The van der Waals surface area contributed by atoms with Gasteiger partial charge in [0.1, 0.15) is 0 Å². The minimum Gasteiger partial charge on any atom is -0.309 e. The van der Waals surface area contributed by atoms with E-state index in [9.17, 15) is 0 Å². The maximum atomic E-state index is 6.24. The maximum absolute atomic E-state index is 6.24. The van der Waals surface area contributed by atoms with Crippen LogP contribution in [0.2, 0.25) is 10.0 Å². The molecule has 96 valence electrons. The number of hydrogen-bond acceptors (Lipinski definition) is 2. The number of nitrogens with zero attached hydrogens (tertiary/aromatic N) is 2. The van der Waals surface area contributed by atoms with Crippen molar-refractivity contribution in [2.24, 2.45) is 0 Å². The molecule has 0 fully saturated rings. The molecule has 1 atom stereocenters. The zero-order valence-electron chi connectivity index (χ0n) is 10.3. The van der Waals surface area contributed by atoms with Gasteiger partial charge >= 0.3 is 0 Å². The first kappa shape index (κ1) is 13.4. The average Bonchev–Trinajstić information content (AvgIpc) is 2.82. The zero-order chi connectivity index (χ0) is 13.1. The summed E-state index contributed by atoms with van der Waals surface area (Å²) in [5.74, 6) is 0. The van der Waals surface area contributed by atoms with Gasteiger partial charge in [-0.2, -0.15) is 5.10 Å². The molecule has 1 unspecified atom stereocenters. The highest BCUT2D eigenvalue weighted by Crippen LogP contribution is 2.33. The first-order chi connectivity index (χ1) is 8.67. The van der Waals surface area contributed by atoms with Crippen molar-refractivity contribution in [1.82, 2.24) is 15.1 Å². The second kappa shape index (κ2) is 5.74. The monoisotopic (exact) mass is 283 g/mol. The lowest BCUT2D eigenvalue weighted by molar-refractivity contribution is 0.653. The summed E-state index contributed by atoms with van der Waals surface area (Å²) >= 11 is 12.5. The van der Waals surface area contributed by atoms with Crippen LogP contribution >= 0.6 is 23.2 Å². The SMILES string of the molecule is CCn1cc(C(NC)c2c(Cl)cccc2Cl)cn1. The van der Waals surface area contributed by atoms with Crippen molar-refractivity contribution < 1.29 is 0 Å². The summed E-state index contributed by atoms with van der Waals surface area (Å²) in [6, 6.07) is 5.48. The molecule has 0 saturated heterocycles. The fraction of sp³-hybridized carbons (Fsp3) is 0.308. The largest absolute Gasteiger partial charge is 0.309 e. The lowest BCUT2D eigenvalue weighted by atomic mass is 10.0. The molecule has 1 N–H and O–H groups in total. The Balaban J connectivity index is 2.45. The van der Waals surface area contributed by atoms with E-state index in [1.165, 1.54) is 0 Å². The number of rotatable bonds is 4. The predicted octanol–water partition coefficient (Wildman–Crippen LogP) is 3.52. The highest BCUT2D eigenvalue weighted by molar-refractivity contribution is 6.36. The van der Waals surface area contributed by atoms with Gasteiger partial charge in [0.2, 0.25) is 0 Å². The quantitative estimate of drug-likeness (QED) is 0.931. The number of aromatic nitrogens is 2. The summed E-state index contributed by atoms with van der Waals surface area (Å²) in [5.41, 5.74) is 1.94. The Hall–Kier alpha value is -1.03. The van der Waals surface area contributed by atoms with Crippen molar-refractivity contribution in [3.63, 3.8) is 0 Å². The number of hydrogen-bond donors (Lipinski definition) is 1. The molecule has 18 heavy (non-hydrogen) atoms. The first-order valence-corrected chi connectivity index (χ1v) is 6.56. The molecule has 1 aromatic carbocycles. The molecule has 0 aliphatic rings. The molecule has 1 heterocycles. The number of benzene rings is 1. The van der Waals surface area contributed by atoms with Gasteiger partial charge in [0.25, 0.3) is 0 Å². The molecular formula is C13H15Cl2N3. The fourth-order valence-electron chi connectivity index (χ4n) is 1.97. The van der Waals surface area contributed by atoms with Gasteiger partial charge in [-0.1, -0.05) is 29.3 Å². The zero-order valence-corrected chi connectivity index (χ0v) is 11.8. The maximum Gasteiger partial charge on any atom is 0.0635 e. The van der Waals surface area contributed by atoms with E-state index < -0.39 is 0 Å². The molecule has 0 bridgehead atoms. The molecule has 0 spiro atoms. The highest BCUT2D eigenvalue weighted by atomic mass is 35.5. The number of aryl methyl sites for hydroxylation is 1. The molecule has 2 rings (SSSR count). The summed E-state index contributed by atoms with van der Waals surface area (Å²) in [5, 5.41) is 8.83. The van der Waals surface area contributed by atoms with Crippen LogP contribution in [0.3, 0.4) is 0 Å². The number of halogens is 2. The summed E-state index contributed by atoms with van der Waals surface area (Å²) < 4.78 is 1.88. The Kier molecular flexibility index (Phi) is 4.27. The molecule has 0 saturated carbocycles. The molecule has 5 heteroatoms. The third-order valence-corrected chi connectivity index (χ3v) is 3.55. The van der Waals surface area contributed by atoms with Crippen LogP contribution in [-0.2, 0) is 6.54 Å². The minimum atomic E-state index is -0.0495. The summed E-state index contributed by atoms with van der Waals surface area (Å²) in [4.78, 5) is 0. The van der Waals surface area contributed by atoms with Crippen LogP contribution < -0.4 is 5.32 Å². The molecule has 3 nitrogen and oxygen atoms in total. The van der Waals surface area contributed by atoms with E-state index in [2.05, 4.69) is 10.4 Å². The average molecular weight is 284 g/mol. The van der Waals surface area contributed by atoms with E-state index in [1.807, 2.05) is 49.2 Å². The lowest BCUT2D eigenvalue weighted by Crippen LogP contribution is -2.18. The predicted molar refractivity (Wildman–Crippen MR) is 75.3 cm³/mol. The van der Waals surface area contributed by atoms with Gasteiger partial charge in [0.05, 0.1) is 12.2 Å². The van der Waals surface area contributed by atoms with Crippen LogP contribution in [0.1, 0.15) is 24.1 Å². The van der Waals surface area contributed by atoms with Gasteiger partial charge in [-0.25, -0.2) is 0 Å². The Bertz CT molecular complexity index is 517. The van der Waals surface area contributed by atoms with Gasteiger partial charge in [-0.3, -0.25) is 4.68 Å². The number of nitrogens with one attached hydrogen (secondary N) is 1. The molecule has 2 aromatic rings. The van der Waals surface area contributed by atoms with E-state index in [4.69, 9.17) is 23.2 Å². The van der Waals surface area contributed by atoms with Crippen LogP contribution in [0.15, 0.2) is 30.6 Å². The highest BCUT2D eigenvalue weighted by Gasteiger charge is 2.19. The van der Waals surface area contributed by atoms with Crippen molar-refractivity contribution >= 4 is 23.2 Å². The minimum absolute atomic E-state index is 0.0495. The third-order valence-electron chi connectivity index (χ3n) is 2.89. The van der Waals surface area contributed by atoms with Crippen LogP contribution in [0.5, 0.6) is 0 Å².